The van der Waals surface area contributed by atoms with Gasteiger partial charge in [-0.3, -0.25) is 9.59 Å². The molecule has 2 rings (SSSR count). The van der Waals surface area contributed by atoms with Gasteiger partial charge in [-0.05, 0) is 97.9 Å². The third-order valence-electron chi connectivity index (χ3n) is 7.21. The van der Waals surface area contributed by atoms with E-state index in [1.807, 2.05) is 83.1 Å². The van der Waals surface area contributed by atoms with Gasteiger partial charge in [-0.2, -0.15) is 0 Å². The molecule has 44 heavy (non-hydrogen) atoms. The zero-order chi connectivity index (χ0) is 33.5. The third kappa shape index (κ3) is 11.0. The fourth-order valence-electron chi connectivity index (χ4n) is 4.57. The van der Waals surface area contributed by atoms with Gasteiger partial charge in [0.2, 0.25) is 11.8 Å². The molecule has 2 atom stereocenters. The van der Waals surface area contributed by atoms with Crippen molar-refractivity contribution in [1.29, 1.82) is 0 Å². The first-order chi connectivity index (χ1) is 20.2. The number of alkyl carbamates (subject to hydrolysis) is 1. The van der Waals surface area contributed by atoms with Crippen LogP contribution in [-0.4, -0.2) is 58.1 Å². The highest BCUT2D eigenvalue weighted by Crippen LogP contribution is 2.32. The molecule has 0 aromatic heterocycles. The molecule has 0 radical (unpaired) electrons. The van der Waals surface area contributed by atoms with E-state index < -0.39 is 52.7 Å². The third-order valence-corrected chi connectivity index (χ3v) is 7.21. The van der Waals surface area contributed by atoms with Crippen LogP contribution in [-0.2, 0) is 30.3 Å². The van der Waals surface area contributed by atoms with Gasteiger partial charge in [-0.1, -0.05) is 55.5 Å². The lowest BCUT2D eigenvalue weighted by molar-refractivity contribution is -0.159. The fourth-order valence-corrected chi connectivity index (χ4v) is 4.57. The van der Waals surface area contributed by atoms with Crippen LogP contribution in [0.3, 0.4) is 0 Å². The Hall–Kier alpha value is -3.88. The summed E-state index contributed by atoms with van der Waals surface area (Å²) < 4.78 is 11.0. The van der Waals surface area contributed by atoms with E-state index in [0.29, 0.717) is 12.0 Å². The van der Waals surface area contributed by atoms with E-state index in [9.17, 15) is 19.2 Å². The first-order valence-electron chi connectivity index (χ1n) is 15.2. The number of rotatable bonds is 11. The van der Waals surface area contributed by atoms with E-state index in [0.717, 1.165) is 16.7 Å². The maximum absolute atomic E-state index is 14.4. The van der Waals surface area contributed by atoms with Crippen molar-refractivity contribution in [3.05, 3.63) is 70.8 Å². The first kappa shape index (κ1) is 36.3. The number of carbonyl (C=O) groups excluding carboxylic acids is 4. The highest BCUT2D eigenvalue weighted by atomic mass is 16.6. The van der Waals surface area contributed by atoms with E-state index in [4.69, 9.17) is 9.47 Å². The smallest absolute Gasteiger partial charge is 0.408 e. The average Bonchev–Trinajstić information content (AvgIpc) is 2.90. The van der Waals surface area contributed by atoms with Crippen LogP contribution < -0.4 is 10.6 Å². The highest BCUT2D eigenvalue weighted by molar-refractivity contribution is 5.93. The zero-order valence-electron chi connectivity index (χ0n) is 28.3. The Balaban J connectivity index is 2.59. The van der Waals surface area contributed by atoms with E-state index in [2.05, 4.69) is 10.6 Å². The Morgan fingerprint density at radius 3 is 1.93 bits per heavy atom. The van der Waals surface area contributed by atoms with Gasteiger partial charge in [-0.25, -0.2) is 9.59 Å². The minimum absolute atomic E-state index is 0.201. The van der Waals surface area contributed by atoms with Gasteiger partial charge >= 0.3 is 12.1 Å². The molecule has 2 unspecified atom stereocenters. The molecule has 242 valence electrons. The summed E-state index contributed by atoms with van der Waals surface area (Å²) in [5.74, 6) is -1.59. The molecule has 0 aliphatic rings. The molecule has 2 N–H and O–H groups in total. The minimum Gasteiger partial charge on any atom is -0.458 e. The van der Waals surface area contributed by atoms with Crippen LogP contribution in [0.1, 0.15) is 97.0 Å². The molecule has 0 saturated carbocycles. The van der Waals surface area contributed by atoms with Crippen molar-refractivity contribution in [1.82, 2.24) is 15.5 Å². The quantitative estimate of drug-likeness (QED) is 0.304. The molecular formula is C35H51N3O6. The van der Waals surface area contributed by atoms with Gasteiger partial charge in [0.25, 0.3) is 0 Å². The van der Waals surface area contributed by atoms with Crippen LogP contribution in [0, 0.1) is 13.8 Å². The standard InChI is InChI=1S/C35H51N3O6/c1-12-35(10,11)38(28(39)22-36-32(42)44-34(7,8)9)29(26-19-18-23(2)24(3)20-26)30(40)37-27(31(41)43-33(4,5)6)21-25-16-14-13-15-17-25/h13-20,27,29H,12,21-22H2,1-11H3,(H,36,42)(H,37,40). The predicted molar refractivity (Wildman–Crippen MR) is 172 cm³/mol. The van der Waals surface area contributed by atoms with Crippen molar-refractivity contribution in [3.63, 3.8) is 0 Å². The monoisotopic (exact) mass is 609 g/mol. The van der Waals surface area contributed by atoms with Gasteiger partial charge in [0, 0.05) is 12.0 Å². The van der Waals surface area contributed by atoms with E-state index >= 15 is 0 Å². The molecule has 0 fully saturated rings. The highest BCUT2D eigenvalue weighted by Gasteiger charge is 2.41. The van der Waals surface area contributed by atoms with Crippen molar-refractivity contribution in [2.75, 3.05) is 6.54 Å². The predicted octanol–water partition coefficient (Wildman–Crippen LogP) is 5.96. The molecule has 0 bridgehead atoms. The summed E-state index contributed by atoms with van der Waals surface area (Å²) in [6.07, 6.45) is -0.0219. The molecule has 0 aliphatic heterocycles. The largest absolute Gasteiger partial charge is 0.458 e. The lowest BCUT2D eigenvalue weighted by Gasteiger charge is -2.43. The summed E-state index contributed by atoms with van der Waals surface area (Å²) in [5.41, 5.74) is 1.07. The normalized spacial score (nSPS) is 13.3. The number of esters is 1. The summed E-state index contributed by atoms with van der Waals surface area (Å²) in [7, 11) is 0. The molecule has 0 saturated heterocycles. The molecule has 3 amide bonds. The molecule has 0 spiro atoms. The van der Waals surface area contributed by atoms with Crippen LogP contribution in [0.2, 0.25) is 0 Å². The maximum Gasteiger partial charge on any atom is 0.408 e. The lowest BCUT2D eigenvalue weighted by Crippen LogP contribution is -2.57. The van der Waals surface area contributed by atoms with Crippen molar-refractivity contribution in [2.45, 2.75) is 118 Å². The Kier molecular flexibility index (Phi) is 12.2. The molecule has 9 nitrogen and oxygen atoms in total. The number of nitrogens with zero attached hydrogens (tertiary/aromatic N) is 1. The summed E-state index contributed by atoms with van der Waals surface area (Å²) in [4.78, 5) is 55.8. The molecule has 2 aromatic carbocycles. The van der Waals surface area contributed by atoms with Crippen molar-refractivity contribution in [2.24, 2.45) is 0 Å². The van der Waals surface area contributed by atoms with Gasteiger partial charge in [-0.15, -0.1) is 0 Å². The van der Waals surface area contributed by atoms with E-state index in [-0.39, 0.29) is 13.0 Å². The van der Waals surface area contributed by atoms with E-state index in [1.165, 1.54) is 4.90 Å². The van der Waals surface area contributed by atoms with E-state index in [1.54, 1.807) is 41.5 Å². The number of benzene rings is 2. The number of ether oxygens (including phenoxy) is 2. The van der Waals surface area contributed by atoms with Crippen LogP contribution in [0.15, 0.2) is 48.5 Å². The Bertz CT molecular complexity index is 1310. The van der Waals surface area contributed by atoms with Gasteiger partial charge in [0.15, 0.2) is 0 Å². The summed E-state index contributed by atoms with van der Waals surface area (Å²) in [5, 5.41) is 5.47. The van der Waals surface area contributed by atoms with Gasteiger partial charge < -0.3 is 25.0 Å². The second-order valence-corrected chi connectivity index (χ2v) is 13.8. The fraction of sp³-hybridized carbons (Fsp3) is 0.543. The van der Waals surface area contributed by atoms with Crippen LogP contribution in [0.4, 0.5) is 4.79 Å². The second kappa shape index (κ2) is 14.7. The zero-order valence-corrected chi connectivity index (χ0v) is 28.3. The SMILES string of the molecule is CCC(C)(C)N(C(=O)CNC(=O)OC(C)(C)C)C(C(=O)NC(Cc1ccccc1)C(=O)OC(C)(C)C)c1ccc(C)c(C)c1. The van der Waals surface area contributed by atoms with Crippen molar-refractivity contribution < 1.29 is 28.7 Å². The topological polar surface area (TPSA) is 114 Å². The lowest BCUT2D eigenvalue weighted by atomic mass is 9.91. The summed E-state index contributed by atoms with van der Waals surface area (Å²) in [6, 6.07) is 12.8. The molecule has 2 aromatic rings. The summed E-state index contributed by atoms with van der Waals surface area (Å²) in [6.45, 7) is 19.7. The Labute approximate surface area is 263 Å². The van der Waals surface area contributed by atoms with Crippen LogP contribution >= 0.6 is 0 Å². The Morgan fingerprint density at radius 2 is 1.41 bits per heavy atom. The van der Waals surface area contributed by atoms with Crippen molar-refractivity contribution >= 4 is 23.9 Å². The van der Waals surface area contributed by atoms with Gasteiger partial charge in [0.1, 0.15) is 29.8 Å². The first-order valence-corrected chi connectivity index (χ1v) is 15.2. The average molecular weight is 610 g/mol. The molecule has 0 heterocycles. The molecular weight excluding hydrogens is 558 g/mol. The number of hydrogen-bond acceptors (Lipinski definition) is 6. The second-order valence-electron chi connectivity index (χ2n) is 13.8. The molecule has 0 aliphatic carbocycles. The number of nitrogens with one attached hydrogen (secondary N) is 2. The minimum atomic E-state index is -1.11. The van der Waals surface area contributed by atoms with Crippen LogP contribution in [0.25, 0.3) is 0 Å². The maximum atomic E-state index is 14.4. The number of aryl methyl sites for hydroxylation is 2. The molecule has 9 heteroatoms. The van der Waals surface area contributed by atoms with Gasteiger partial charge in [0.05, 0.1) is 0 Å². The number of carbonyl (C=O) groups is 4. The Morgan fingerprint density at radius 1 is 0.818 bits per heavy atom. The number of amides is 3. The van der Waals surface area contributed by atoms with Crippen molar-refractivity contribution in [3.8, 4) is 0 Å². The number of hydrogen-bond donors (Lipinski definition) is 2. The van der Waals surface area contributed by atoms with Crippen LogP contribution in [0.5, 0.6) is 0 Å². The summed E-state index contributed by atoms with van der Waals surface area (Å²) >= 11 is 0.